The molecule has 138 valence electrons. The van der Waals surface area contributed by atoms with Gasteiger partial charge in [0, 0.05) is 25.2 Å². The fraction of sp³-hybridized carbons (Fsp3) is 0.588. The predicted molar refractivity (Wildman–Crippen MR) is 93.1 cm³/mol. The van der Waals surface area contributed by atoms with Gasteiger partial charge in [-0.3, -0.25) is 14.9 Å². The summed E-state index contributed by atoms with van der Waals surface area (Å²) < 4.78 is 10.6. The molecule has 1 heterocycles. The van der Waals surface area contributed by atoms with E-state index in [1.807, 2.05) is 6.92 Å². The summed E-state index contributed by atoms with van der Waals surface area (Å²) in [6, 6.07) is 2.73. The quantitative estimate of drug-likeness (QED) is 0.622. The van der Waals surface area contributed by atoms with Crippen LogP contribution in [0.3, 0.4) is 0 Å². The molecule has 1 atom stereocenters. The number of amides is 1. The number of nitrogens with zero attached hydrogens (tertiary/aromatic N) is 2. The minimum atomic E-state index is -0.566. The van der Waals surface area contributed by atoms with E-state index in [1.165, 1.54) is 19.2 Å². The van der Waals surface area contributed by atoms with E-state index in [9.17, 15) is 14.9 Å². The van der Waals surface area contributed by atoms with Gasteiger partial charge in [0.05, 0.1) is 24.7 Å². The van der Waals surface area contributed by atoms with Crippen LogP contribution in [0.15, 0.2) is 12.1 Å². The molecule has 1 aromatic carbocycles. The number of likely N-dealkylation sites (tertiary alicyclic amines) is 1. The van der Waals surface area contributed by atoms with Crippen LogP contribution >= 0.6 is 0 Å². The molecule has 1 aliphatic heterocycles. The molecule has 8 nitrogen and oxygen atoms in total. The van der Waals surface area contributed by atoms with Crippen LogP contribution in [0.2, 0.25) is 0 Å². The highest BCUT2D eigenvalue weighted by molar-refractivity contribution is 5.99. The fourth-order valence-corrected chi connectivity index (χ4v) is 3.10. The Morgan fingerprint density at radius 2 is 2.04 bits per heavy atom. The summed E-state index contributed by atoms with van der Waals surface area (Å²) in [5.41, 5.74) is 5.67. The minimum Gasteiger partial charge on any atom is -0.493 e. The van der Waals surface area contributed by atoms with Crippen molar-refractivity contribution in [2.24, 2.45) is 11.7 Å². The molecule has 0 bridgehead atoms. The fourth-order valence-electron chi connectivity index (χ4n) is 3.10. The first kappa shape index (κ1) is 19.0. The SMILES string of the molecule is CCOc1cc([N+](=O)[O-])c(C(=O)N2CCC(C(C)N)CC2)cc1OC. The molecule has 1 amide bonds. The average Bonchev–Trinajstić information content (AvgIpc) is 2.61. The van der Waals surface area contributed by atoms with Crippen molar-refractivity contribution in [1.82, 2.24) is 4.90 Å². The second kappa shape index (κ2) is 8.15. The zero-order valence-electron chi connectivity index (χ0n) is 14.9. The van der Waals surface area contributed by atoms with E-state index in [2.05, 4.69) is 0 Å². The number of methoxy groups -OCH3 is 1. The van der Waals surface area contributed by atoms with Crippen LogP contribution in [-0.2, 0) is 0 Å². The minimum absolute atomic E-state index is 0.0181. The zero-order chi connectivity index (χ0) is 18.6. The third kappa shape index (κ3) is 4.19. The van der Waals surface area contributed by atoms with Gasteiger partial charge in [-0.1, -0.05) is 0 Å². The molecule has 0 saturated carbocycles. The van der Waals surface area contributed by atoms with E-state index in [0.29, 0.717) is 31.4 Å². The summed E-state index contributed by atoms with van der Waals surface area (Å²) in [6.45, 7) is 5.15. The highest BCUT2D eigenvalue weighted by Crippen LogP contribution is 2.36. The Balaban J connectivity index is 2.30. The summed E-state index contributed by atoms with van der Waals surface area (Å²) in [5, 5.41) is 11.4. The summed E-state index contributed by atoms with van der Waals surface area (Å²) in [6.07, 6.45) is 1.59. The lowest BCUT2D eigenvalue weighted by molar-refractivity contribution is -0.385. The van der Waals surface area contributed by atoms with E-state index < -0.39 is 4.92 Å². The van der Waals surface area contributed by atoms with Gasteiger partial charge in [0.2, 0.25) is 0 Å². The molecule has 0 aliphatic carbocycles. The maximum atomic E-state index is 12.8. The lowest BCUT2D eigenvalue weighted by atomic mass is 9.90. The Hall–Kier alpha value is -2.35. The molecule has 0 radical (unpaired) electrons. The number of nitro groups is 1. The Labute approximate surface area is 147 Å². The molecule has 25 heavy (non-hydrogen) atoms. The van der Waals surface area contributed by atoms with Gasteiger partial charge in [-0.2, -0.15) is 0 Å². The van der Waals surface area contributed by atoms with Gasteiger partial charge >= 0.3 is 0 Å². The number of nitrogens with two attached hydrogens (primary N) is 1. The second-order valence-electron chi connectivity index (χ2n) is 6.20. The van der Waals surface area contributed by atoms with E-state index in [1.54, 1.807) is 11.8 Å². The number of carbonyl (C=O) groups is 1. The highest BCUT2D eigenvalue weighted by atomic mass is 16.6. The molecule has 2 N–H and O–H groups in total. The molecule has 1 fully saturated rings. The van der Waals surface area contributed by atoms with Crippen molar-refractivity contribution in [3.63, 3.8) is 0 Å². The average molecular weight is 351 g/mol. The lowest BCUT2D eigenvalue weighted by Crippen LogP contribution is -2.42. The molecule has 1 aromatic rings. The molecule has 2 rings (SSSR count). The van der Waals surface area contributed by atoms with E-state index in [-0.39, 0.29) is 28.9 Å². The second-order valence-corrected chi connectivity index (χ2v) is 6.20. The van der Waals surface area contributed by atoms with Crippen molar-refractivity contribution in [3.05, 3.63) is 27.8 Å². The number of rotatable bonds is 6. The molecule has 1 unspecified atom stereocenters. The first-order valence-corrected chi connectivity index (χ1v) is 8.43. The Morgan fingerprint density at radius 1 is 1.40 bits per heavy atom. The number of nitro benzene ring substituents is 1. The third-order valence-corrected chi connectivity index (χ3v) is 4.58. The number of ether oxygens (including phenoxy) is 2. The number of hydrogen-bond acceptors (Lipinski definition) is 6. The predicted octanol–water partition coefficient (Wildman–Crippen LogP) is 2.20. The van der Waals surface area contributed by atoms with Gasteiger partial charge in [0.15, 0.2) is 11.5 Å². The van der Waals surface area contributed by atoms with Crippen molar-refractivity contribution >= 4 is 11.6 Å². The van der Waals surface area contributed by atoms with Crippen LogP contribution in [0.25, 0.3) is 0 Å². The Morgan fingerprint density at radius 3 is 2.52 bits per heavy atom. The van der Waals surface area contributed by atoms with Crippen molar-refractivity contribution in [2.45, 2.75) is 32.7 Å². The van der Waals surface area contributed by atoms with Crippen molar-refractivity contribution in [1.29, 1.82) is 0 Å². The van der Waals surface area contributed by atoms with E-state index in [0.717, 1.165) is 12.8 Å². The van der Waals surface area contributed by atoms with Crippen LogP contribution in [0.5, 0.6) is 11.5 Å². The van der Waals surface area contributed by atoms with Gasteiger partial charge in [-0.25, -0.2) is 0 Å². The van der Waals surface area contributed by atoms with Crippen LogP contribution in [0, 0.1) is 16.0 Å². The Kier molecular flexibility index (Phi) is 6.19. The maximum Gasteiger partial charge on any atom is 0.286 e. The molecule has 1 aliphatic rings. The third-order valence-electron chi connectivity index (χ3n) is 4.58. The smallest absolute Gasteiger partial charge is 0.286 e. The molecular formula is C17H25N3O5. The van der Waals surface area contributed by atoms with E-state index >= 15 is 0 Å². The number of piperidine rings is 1. The molecule has 0 aromatic heterocycles. The first-order valence-electron chi connectivity index (χ1n) is 8.43. The van der Waals surface area contributed by atoms with Crippen molar-refractivity contribution in [2.75, 3.05) is 26.8 Å². The van der Waals surface area contributed by atoms with Gasteiger partial charge in [0.25, 0.3) is 11.6 Å². The van der Waals surface area contributed by atoms with Crippen LogP contribution < -0.4 is 15.2 Å². The standard InChI is InChI=1S/C17H25N3O5/c1-4-25-16-10-14(20(22)23)13(9-15(16)24-3)17(21)19-7-5-12(6-8-19)11(2)18/h9-12H,4-8,18H2,1-3H3. The molecule has 0 spiro atoms. The first-order chi connectivity index (χ1) is 11.9. The van der Waals surface area contributed by atoms with Crippen molar-refractivity contribution < 1.29 is 19.2 Å². The van der Waals surface area contributed by atoms with Gasteiger partial charge < -0.3 is 20.1 Å². The summed E-state index contributed by atoms with van der Waals surface area (Å²) >= 11 is 0. The number of benzene rings is 1. The largest absolute Gasteiger partial charge is 0.493 e. The number of carbonyl (C=O) groups excluding carboxylic acids is 1. The van der Waals surface area contributed by atoms with Crippen LogP contribution in [0.1, 0.15) is 37.0 Å². The number of hydrogen-bond donors (Lipinski definition) is 1. The summed E-state index contributed by atoms with van der Waals surface area (Å²) in [5.74, 6) is 0.565. The molecule has 1 saturated heterocycles. The topological polar surface area (TPSA) is 108 Å². The van der Waals surface area contributed by atoms with E-state index in [4.69, 9.17) is 15.2 Å². The normalized spacial score (nSPS) is 16.4. The molecule has 8 heteroatoms. The lowest BCUT2D eigenvalue weighted by Gasteiger charge is -2.33. The summed E-state index contributed by atoms with van der Waals surface area (Å²) in [7, 11) is 1.44. The summed E-state index contributed by atoms with van der Waals surface area (Å²) in [4.78, 5) is 25.3. The van der Waals surface area contributed by atoms with Crippen LogP contribution in [0.4, 0.5) is 5.69 Å². The van der Waals surface area contributed by atoms with Crippen molar-refractivity contribution in [3.8, 4) is 11.5 Å². The Bertz CT molecular complexity index is 639. The highest BCUT2D eigenvalue weighted by Gasteiger charge is 2.31. The maximum absolute atomic E-state index is 12.8. The van der Waals surface area contributed by atoms with Crippen LogP contribution in [-0.4, -0.2) is 48.6 Å². The van der Waals surface area contributed by atoms with Gasteiger partial charge in [0.1, 0.15) is 5.56 Å². The zero-order valence-corrected chi connectivity index (χ0v) is 14.9. The van der Waals surface area contributed by atoms with Gasteiger partial charge in [-0.05, 0) is 32.6 Å². The molecular weight excluding hydrogens is 326 g/mol. The van der Waals surface area contributed by atoms with Gasteiger partial charge in [-0.15, -0.1) is 0 Å². The monoisotopic (exact) mass is 351 g/mol.